The van der Waals surface area contributed by atoms with Gasteiger partial charge in [-0.1, -0.05) is 18.7 Å². The van der Waals surface area contributed by atoms with Gasteiger partial charge in [0.2, 0.25) is 5.91 Å². The van der Waals surface area contributed by atoms with Crippen LogP contribution in [0.15, 0.2) is 39.6 Å². The van der Waals surface area contributed by atoms with E-state index in [0.717, 1.165) is 6.42 Å². The Balaban J connectivity index is 2.01. The summed E-state index contributed by atoms with van der Waals surface area (Å²) in [6, 6.07) is 6.37. The highest BCUT2D eigenvalue weighted by molar-refractivity contribution is 7.99. The second kappa shape index (κ2) is 8.22. The predicted octanol–water partition coefficient (Wildman–Crippen LogP) is 3.90. The smallest absolute Gasteiger partial charge is 0.276 e. The molecule has 3 aromatic rings. The number of thioether (sulfide) groups is 1. The highest BCUT2D eigenvalue weighted by Crippen LogP contribution is 2.24. The number of thiophene rings is 1. The third-order valence-corrected chi connectivity index (χ3v) is 6.03. The van der Waals surface area contributed by atoms with Gasteiger partial charge in [0.15, 0.2) is 5.16 Å². The van der Waals surface area contributed by atoms with Gasteiger partial charge in [-0.2, -0.15) is 0 Å². The van der Waals surface area contributed by atoms with Gasteiger partial charge in [0.25, 0.3) is 5.56 Å². The summed E-state index contributed by atoms with van der Waals surface area (Å²) in [4.78, 5) is 29.7. The van der Waals surface area contributed by atoms with E-state index in [1.807, 2.05) is 19.2 Å². The van der Waals surface area contributed by atoms with Crippen LogP contribution in [0, 0.1) is 12.7 Å². The van der Waals surface area contributed by atoms with Crippen molar-refractivity contribution < 1.29 is 9.18 Å². The molecule has 0 unspecified atom stereocenters. The van der Waals surface area contributed by atoms with E-state index in [-0.39, 0.29) is 29.1 Å². The maximum Gasteiger partial charge on any atom is 0.276 e. The summed E-state index contributed by atoms with van der Waals surface area (Å²) in [5.74, 6) is -0.304. The van der Waals surface area contributed by atoms with E-state index in [4.69, 9.17) is 0 Å². The molecular formula is C19H20FN3O2S2. The number of aryl methyl sites for hydroxylation is 1. The van der Waals surface area contributed by atoms with Gasteiger partial charge in [-0.3, -0.25) is 14.2 Å². The Hall–Kier alpha value is -2.19. The molecule has 1 aromatic carbocycles. The fourth-order valence-electron chi connectivity index (χ4n) is 2.53. The van der Waals surface area contributed by atoms with Gasteiger partial charge < -0.3 is 5.32 Å². The number of aromatic nitrogens is 2. The highest BCUT2D eigenvalue weighted by Gasteiger charge is 2.16. The second-order valence-corrected chi connectivity index (χ2v) is 8.13. The molecule has 0 aliphatic carbocycles. The minimum absolute atomic E-state index is 0.0901. The Morgan fingerprint density at radius 2 is 2.19 bits per heavy atom. The maximum absolute atomic E-state index is 13.7. The summed E-state index contributed by atoms with van der Waals surface area (Å²) in [6.07, 6.45) is 0.842. The number of carbonyl (C=O) groups is 1. The molecule has 5 nitrogen and oxygen atoms in total. The molecule has 142 valence electrons. The first-order chi connectivity index (χ1) is 12.9. The summed E-state index contributed by atoms with van der Waals surface area (Å²) in [6.45, 7) is 5.58. The predicted molar refractivity (Wildman–Crippen MR) is 109 cm³/mol. The van der Waals surface area contributed by atoms with Crippen molar-refractivity contribution in [3.8, 4) is 5.69 Å². The van der Waals surface area contributed by atoms with Crippen LogP contribution in [-0.4, -0.2) is 27.3 Å². The SMILES string of the molecule is CC[C@@H](C)NC(=O)CSc1nc2ccsc2c(=O)n1-c1ccc(F)c(C)c1. The van der Waals surface area contributed by atoms with Crippen LogP contribution in [-0.2, 0) is 4.79 Å². The highest BCUT2D eigenvalue weighted by atomic mass is 32.2. The summed E-state index contributed by atoms with van der Waals surface area (Å²) in [5.41, 5.74) is 1.36. The molecule has 0 saturated carbocycles. The van der Waals surface area contributed by atoms with Crippen molar-refractivity contribution in [1.29, 1.82) is 0 Å². The standard InChI is InChI=1S/C19H20FN3O2S2/c1-4-12(3)21-16(24)10-27-19-22-15-7-8-26-17(15)18(25)23(19)13-5-6-14(20)11(2)9-13/h5-9,12H,4,10H2,1-3H3,(H,21,24)/t12-/m1/s1. The molecule has 8 heteroatoms. The van der Waals surface area contributed by atoms with Crippen LogP contribution in [0.2, 0.25) is 0 Å². The lowest BCUT2D eigenvalue weighted by atomic mass is 10.2. The first-order valence-corrected chi connectivity index (χ1v) is 10.5. The van der Waals surface area contributed by atoms with Crippen molar-refractivity contribution in [3.05, 3.63) is 51.4 Å². The number of hydrogen-bond acceptors (Lipinski definition) is 5. The van der Waals surface area contributed by atoms with E-state index < -0.39 is 0 Å². The van der Waals surface area contributed by atoms with Crippen molar-refractivity contribution >= 4 is 39.2 Å². The molecule has 0 aliphatic rings. The van der Waals surface area contributed by atoms with Gasteiger partial charge in [0.05, 0.1) is 17.0 Å². The van der Waals surface area contributed by atoms with Crippen LogP contribution >= 0.6 is 23.1 Å². The Bertz CT molecular complexity index is 1050. The van der Waals surface area contributed by atoms with Crippen molar-refractivity contribution in [2.24, 2.45) is 0 Å². The topological polar surface area (TPSA) is 64.0 Å². The zero-order valence-corrected chi connectivity index (χ0v) is 16.9. The van der Waals surface area contributed by atoms with E-state index in [9.17, 15) is 14.0 Å². The average molecular weight is 406 g/mol. The molecule has 0 bridgehead atoms. The van der Waals surface area contributed by atoms with Crippen LogP contribution in [0.4, 0.5) is 4.39 Å². The number of rotatable bonds is 6. The van der Waals surface area contributed by atoms with Gasteiger partial charge in [0.1, 0.15) is 10.5 Å². The van der Waals surface area contributed by atoms with Crippen molar-refractivity contribution in [3.63, 3.8) is 0 Å². The van der Waals surface area contributed by atoms with Gasteiger partial charge in [-0.25, -0.2) is 9.37 Å². The number of fused-ring (bicyclic) bond motifs is 1. The van der Waals surface area contributed by atoms with Crippen LogP contribution in [0.1, 0.15) is 25.8 Å². The second-order valence-electron chi connectivity index (χ2n) is 6.27. The van der Waals surface area contributed by atoms with E-state index in [1.54, 1.807) is 25.1 Å². The lowest BCUT2D eigenvalue weighted by Gasteiger charge is -2.14. The Kier molecular flexibility index (Phi) is 5.96. The number of halogens is 1. The average Bonchev–Trinajstić information content (AvgIpc) is 3.11. The number of amides is 1. The fraction of sp³-hybridized carbons (Fsp3) is 0.316. The molecule has 0 aliphatic heterocycles. The van der Waals surface area contributed by atoms with Crippen molar-refractivity contribution in [2.45, 2.75) is 38.4 Å². The molecule has 2 aromatic heterocycles. The fourth-order valence-corrected chi connectivity index (χ4v) is 4.12. The number of carbonyl (C=O) groups excluding carboxylic acids is 1. The zero-order valence-electron chi connectivity index (χ0n) is 15.3. The van der Waals surface area contributed by atoms with Crippen molar-refractivity contribution in [1.82, 2.24) is 14.9 Å². The molecule has 3 rings (SSSR count). The van der Waals surface area contributed by atoms with Crippen LogP contribution < -0.4 is 10.9 Å². The molecule has 1 atom stereocenters. The molecule has 1 N–H and O–H groups in total. The molecule has 27 heavy (non-hydrogen) atoms. The molecule has 1 amide bonds. The minimum Gasteiger partial charge on any atom is -0.353 e. The first kappa shape index (κ1) is 19.6. The van der Waals surface area contributed by atoms with Gasteiger partial charge >= 0.3 is 0 Å². The normalized spacial score (nSPS) is 12.3. The van der Waals surface area contributed by atoms with E-state index in [1.165, 1.54) is 33.7 Å². The van der Waals surface area contributed by atoms with E-state index in [2.05, 4.69) is 10.3 Å². The molecule has 0 radical (unpaired) electrons. The summed E-state index contributed by atoms with van der Waals surface area (Å²) < 4.78 is 15.7. The van der Waals surface area contributed by atoms with Gasteiger partial charge in [-0.15, -0.1) is 11.3 Å². The van der Waals surface area contributed by atoms with Crippen molar-refractivity contribution in [2.75, 3.05) is 5.75 Å². The Labute approximate surface area is 164 Å². The monoisotopic (exact) mass is 405 g/mol. The van der Waals surface area contributed by atoms with Crippen LogP contribution in [0.5, 0.6) is 0 Å². The minimum atomic E-state index is -0.334. The lowest BCUT2D eigenvalue weighted by Crippen LogP contribution is -2.33. The maximum atomic E-state index is 13.7. The first-order valence-electron chi connectivity index (χ1n) is 8.59. The van der Waals surface area contributed by atoms with Crippen LogP contribution in [0.25, 0.3) is 15.9 Å². The van der Waals surface area contributed by atoms with E-state index in [0.29, 0.717) is 26.6 Å². The molecule has 0 spiro atoms. The molecule has 0 saturated heterocycles. The zero-order chi connectivity index (χ0) is 19.6. The quantitative estimate of drug-likeness (QED) is 0.499. The number of hydrogen-bond donors (Lipinski definition) is 1. The van der Waals surface area contributed by atoms with Gasteiger partial charge in [-0.05, 0) is 55.5 Å². The lowest BCUT2D eigenvalue weighted by molar-refractivity contribution is -0.119. The van der Waals surface area contributed by atoms with Crippen LogP contribution in [0.3, 0.4) is 0 Å². The Morgan fingerprint density at radius 1 is 1.41 bits per heavy atom. The molecule has 2 heterocycles. The Morgan fingerprint density at radius 3 is 2.89 bits per heavy atom. The third kappa shape index (κ3) is 4.22. The summed E-state index contributed by atoms with van der Waals surface area (Å²) >= 11 is 2.51. The van der Waals surface area contributed by atoms with E-state index >= 15 is 0 Å². The number of benzene rings is 1. The number of nitrogens with zero attached hydrogens (tertiary/aromatic N) is 2. The largest absolute Gasteiger partial charge is 0.353 e. The molecular weight excluding hydrogens is 385 g/mol. The molecule has 0 fully saturated rings. The third-order valence-electron chi connectivity index (χ3n) is 4.20. The summed E-state index contributed by atoms with van der Waals surface area (Å²) in [7, 11) is 0. The number of nitrogens with one attached hydrogen (secondary N) is 1. The van der Waals surface area contributed by atoms with Gasteiger partial charge in [0, 0.05) is 6.04 Å². The summed E-state index contributed by atoms with van der Waals surface area (Å²) in [5, 5.41) is 5.12.